The summed E-state index contributed by atoms with van der Waals surface area (Å²) in [6.45, 7) is 1.78. The van der Waals surface area contributed by atoms with Crippen LogP contribution in [0.15, 0.2) is 18.5 Å². The fourth-order valence-corrected chi connectivity index (χ4v) is 0.612. The molecule has 0 saturated heterocycles. The number of nitrogens with zero attached hydrogens (tertiary/aromatic N) is 2. The second-order valence-corrected chi connectivity index (χ2v) is 2.37. The normalized spacial score (nSPS) is 8.90. The number of thiocarbonyl (C=S) groups is 1. The highest BCUT2D eigenvalue weighted by Gasteiger charge is 1.90. The molecular weight excluding hydrogens is 146 g/mol. The average Bonchev–Trinajstić information content (AvgIpc) is 1.88. The molecule has 1 aromatic rings. The number of nitrogens with one attached hydrogen (secondary N) is 1. The van der Waals surface area contributed by atoms with Crippen LogP contribution in [0.2, 0.25) is 0 Å². The summed E-state index contributed by atoms with van der Waals surface area (Å²) in [6, 6.07) is 1.75. The van der Waals surface area contributed by atoms with E-state index in [1.807, 2.05) is 0 Å². The van der Waals surface area contributed by atoms with Crippen LogP contribution in [0.25, 0.3) is 0 Å². The highest BCUT2D eigenvalue weighted by molar-refractivity contribution is 7.80. The van der Waals surface area contributed by atoms with Crippen molar-refractivity contribution in [2.24, 2.45) is 0 Å². The van der Waals surface area contributed by atoms with E-state index >= 15 is 0 Å². The number of anilines is 1. The first-order valence-corrected chi connectivity index (χ1v) is 3.24. The number of aromatic nitrogens is 2. The molecule has 1 aromatic heterocycles. The predicted molar refractivity (Wildman–Crippen MR) is 43.9 cm³/mol. The summed E-state index contributed by atoms with van der Waals surface area (Å²) in [5, 5.41) is 2.81. The zero-order chi connectivity index (χ0) is 7.40. The number of hydrogen-bond donors (Lipinski definition) is 1. The van der Waals surface area contributed by atoms with Gasteiger partial charge in [-0.2, -0.15) is 0 Å². The molecule has 0 bridgehead atoms. The van der Waals surface area contributed by atoms with E-state index in [0.29, 0.717) is 10.9 Å². The van der Waals surface area contributed by atoms with Gasteiger partial charge in [0.25, 0.3) is 0 Å². The Morgan fingerprint density at radius 3 is 2.60 bits per heavy atom. The Kier molecular flexibility index (Phi) is 2.28. The Bertz CT molecular complexity index is 222. The molecule has 3 nitrogen and oxygen atoms in total. The van der Waals surface area contributed by atoms with E-state index in [2.05, 4.69) is 15.3 Å². The molecule has 0 aliphatic rings. The maximum absolute atomic E-state index is 4.79. The van der Waals surface area contributed by atoms with E-state index < -0.39 is 0 Å². The molecule has 10 heavy (non-hydrogen) atoms. The summed E-state index contributed by atoms with van der Waals surface area (Å²) in [7, 11) is 0. The van der Waals surface area contributed by atoms with Crippen molar-refractivity contribution >= 4 is 23.2 Å². The summed E-state index contributed by atoms with van der Waals surface area (Å²) in [5.41, 5.74) is 0. The van der Waals surface area contributed by atoms with Gasteiger partial charge in [-0.3, -0.25) is 0 Å². The molecular formula is C6H7N3S. The van der Waals surface area contributed by atoms with Crippen molar-refractivity contribution in [3.63, 3.8) is 0 Å². The fraction of sp³-hybridized carbons (Fsp3) is 0.167. The van der Waals surface area contributed by atoms with Crippen molar-refractivity contribution in [2.45, 2.75) is 6.92 Å². The van der Waals surface area contributed by atoms with E-state index in [4.69, 9.17) is 12.2 Å². The van der Waals surface area contributed by atoms with Crippen LogP contribution in [0.1, 0.15) is 6.92 Å². The van der Waals surface area contributed by atoms with Crippen LogP contribution in [0.5, 0.6) is 0 Å². The van der Waals surface area contributed by atoms with Gasteiger partial charge in [0.15, 0.2) is 0 Å². The predicted octanol–water partition coefficient (Wildman–Crippen LogP) is 1.24. The number of hydrogen-bond acceptors (Lipinski definition) is 3. The number of rotatable bonds is 1. The van der Waals surface area contributed by atoms with Crippen LogP contribution in [0.4, 0.5) is 5.95 Å². The second-order valence-electron chi connectivity index (χ2n) is 1.75. The minimum Gasteiger partial charge on any atom is -0.319 e. The van der Waals surface area contributed by atoms with Crippen LogP contribution >= 0.6 is 12.2 Å². The van der Waals surface area contributed by atoms with E-state index in [-0.39, 0.29) is 0 Å². The first-order chi connectivity index (χ1) is 4.79. The minimum atomic E-state index is 0.551. The van der Waals surface area contributed by atoms with Gasteiger partial charge in [-0.05, 0) is 13.0 Å². The Hall–Kier alpha value is -1.03. The lowest BCUT2D eigenvalue weighted by Crippen LogP contribution is -2.06. The maximum atomic E-state index is 4.79. The van der Waals surface area contributed by atoms with Gasteiger partial charge in [-0.1, -0.05) is 12.2 Å². The van der Waals surface area contributed by atoms with Gasteiger partial charge in [0, 0.05) is 12.4 Å². The van der Waals surface area contributed by atoms with Gasteiger partial charge in [0.05, 0.1) is 4.99 Å². The highest BCUT2D eigenvalue weighted by atomic mass is 32.1. The summed E-state index contributed by atoms with van der Waals surface area (Å²) in [5.74, 6) is 0.551. The zero-order valence-corrected chi connectivity index (χ0v) is 6.35. The smallest absolute Gasteiger partial charge is 0.227 e. The standard InChI is InChI=1S/C6H7N3S/c1-5(10)9-6-7-3-2-4-8-6/h2-4H,1H3,(H,7,8,9,10). The third-order valence-electron chi connectivity index (χ3n) is 0.854. The summed E-state index contributed by atoms with van der Waals surface area (Å²) in [4.78, 5) is 8.49. The third kappa shape index (κ3) is 2.06. The average molecular weight is 153 g/mol. The van der Waals surface area contributed by atoms with Gasteiger partial charge >= 0.3 is 0 Å². The SMILES string of the molecule is CC(=S)Nc1ncccn1. The molecule has 0 aliphatic carbocycles. The van der Waals surface area contributed by atoms with Gasteiger partial charge in [-0.15, -0.1) is 0 Å². The minimum absolute atomic E-state index is 0.551. The molecule has 0 amide bonds. The lowest BCUT2D eigenvalue weighted by Gasteiger charge is -1.97. The van der Waals surface area contributed by atoms with E-state index in [0.717, 1.165) is 0 Å². The molecule has 52 valence electrons. The van der Waals surface area contributed by atoms with E-state index in [9.17, 15) is 0 Å². The van der Waals surface area contributed by atoms with E-state index in [1.54, 1.807) is 25.4 Å². The molecule has 1 rings (SSSR count). The summed E-state index contributed by atoms with van der Waals surface area (Å²) < 4.78 is 0. The van der Waals surface area contributed by atoms with Gasteiger partial charge in [-0.25, -0.2) is 9.97 Å². The molecule has 0 spiro atoms. The Labute approximate surface area is 64.5 Å². The molecule has 0 fully saturated rings. The van der Waals surface area contributed by atoms with Crippen LogP contribution < -0.4 is 5.32 Å². The lowest BCUT2D eigenvalue weighted by atomic mass is 10.6. The summed E-state index contributed by atoms with van der Waals surface area (Å²) >= 11 is 4.79. The Morgan fingerprint density at radius 1 is 1.50 bits per heavy atom. The molecule has 1 N–H and O–H groups in total. The maximum Gasteiger partial charge on any atom is 0.227 e. The molecule has 0 unspecified atom stereocenters. The first-order valence-electron chi connectivity index (χ1n) is 2.83. The first kappa shape index (κ1) is 7.08. The van der Waals surface area contributed by atoms with Crippen LogP contribution in [-0.4, -0.2) is 15.0 Å². The largest absolute Gasteiger partial charge is 0.319 e. The van der Waals surface area contributed by atoms with Gasteiger partial charge in [0.1, 0.15) is 0 Å². The third-order valence-corrected chi connectivity index (χ3v) is 0.956. The van der Waals surface area contributed by atoms with Gasteiger partial charge in [0.2, 0.25) is 5.95 Å². The lowest BCUT2D eigenvalue weighted by molar-refractivity contribution is 1.18. The van der Waals surface area contributed by atoms with Crippen molar-refractivity contribution in [2.75, 3.05) is 5.32 Å². The molecule has 4 heteroatoms. The molecule has 0 atom stereocenters. The van der Waals surface area contributed by atoms with Crippen molar-refractivity contribution in [1.29, 1.82) is 0 Å². The van der Waals surface area contributed by atoms with Gasteiger partial charge < -0.3 is 5.32 Å². The molecule has 0 saturated carbocycles. The fourth-order valence-electron chi connectivity index (χ4n) is 0.521. The molecule has 0 aromatic carbocycles. The van der Waals surface area contributed by atoms with Crippen molar-refractivity contribution in [1.82, 2.24) is 9.97 Å². The van der Waals surface area contributed by atoms with Crippen LogP contribution in [0, 0.1) is 0 Å². The molecule has 0 radical (unpaired) electrons. The van der Waals surface area contributed by atoms with Crippen molar-refractivity contribution < 1.29 is 0 Å². The second kappa shape index (κ2) is 3.22. The Morgan fingerprint density at radius 2 is 2.10 bits per heavy atom. The summed E-state index contributed by atoms with van der Waals surface area (Å²) in [6.07, 6.45) is 3.32. The van der Waals surface area contributed by atoms with Crippen molar-refractivity contribution in [3.05, 3.63) is 18.5 Å². The monoisotopic (exact) mass is 153 g/mol. The molecule has 0 aliphatic heterocycles. The quantitative estimate of drug-likeness (QED) is 0.616. The van der Waals surface area contributed by atoms with Crippen LogP contribution in [0.3, 0.4) is 0 Å². The van der Waals surface area contributed by atoms with E-state index in [1.165, 1.54) is 0 Å². The zero-order valence-electron chi connectivity index (χ0n) is 5.53. The molecule has 1 heterocycles. The van der Waals surface area contributed by atoms with Crippen LogP contribution in [-0.2, 0) is 0 Å². The highest BCUT2D eigenvalue weighted by Crippen LogP contribution is 1.92. The Balaban J connectivity index is 2.67. The topological polar surface area (TPSA) is 37.8 Å². The van der Waals surface area contributed by atoms with Crippen molar-refractivity contribution in [3.8, 4) is 0 Å².